The van der Waals surface area contributed by atoms with E-state index in [0.29, 0.717) is 28.7 Å². The van der Waals surface area contributed by atoms with E-state index in [1.54, 1.807) is 54.6 Å². The van der Waals surface area contributed by atoms with Crippen molar-refractivity contribution in [3.05, 3.63) is 125 Å². The third-order valence-electron chi connectivity index (χ3n) is 12.8. The van der Waals surface area contributed by atoms with Gasteiger partial charge in [0.1, 0.15) is 71.9 Å². The Hall–Kier alpha value is -7.67. The van der Waals surface area contributed by atoms with Crippen molar-refractivity contribution in [2.75, 3.05) is 19.7 Å². The van der Waals surface area contributed by atoms with Crippen LogP contribution in [0.25, 0.3) is 0 Å². The molecule has 0 spiro atoms. The lowest BCUT2D eigenvalue weighted by atomic mass is 9.99. The molecule has 2 aliphatic heterocycles. The maximum absolute atomic E-state index is 14.6. The minimum Gasteiger partial charge on any atom is -0.508 e. The number of hydrogen-bond donors (Lipinski definition) is 13. The topological polar surface area (TPSA) is 375 Å². The molecule has 4 aromatic rings. The molecule has 2 saturated heterocycles. The number of phenols is 2. The van der Waals surface area contributed by atoms with Crippen molar-refractivity contribution in [2.45, 2.75) is 112 Å². The van der Waals surface area contributed by atoms with Gasteiger partial charge in [0.05, 0.1) is 19.2 Å². The Morgan fingerprint density at radius 2 is 1.23 bits per heavy atom. The van der Waals surface area contributed by atoms with E-state index in [2.05, 4.69) is 26.6 Å². The predicted molar refractivity (Wildman–Crippen MR) is 267 cm³/mol. The number of hydrogen-bond acceptors (Lipinski definition) is 16. The molecule has 15 N–H and O–H groups in total. The van der Waals surface area contributed by atoms with Gasteiger partial charge in [-0.05, 0) is 84.8 Å². The van der Waals surface area contributed by atoms with Crippen LogP contribution in [0.2, 0.25) is 0 Å². The predicted octanol–water partition coefficient (Wildman–Crippen LogP) is -2.57. The smallest absolute Gasteiger partial charge is 0.246 e. The normalized spacial score (nSPS) is 21.3. The fourth-order valence-electron chi connectivity index (χ4n) is 8.56. The van der Waals surface area contributed by atoms with Crippen LogP contribution in [0.4, 0.5) is 0 Å². The molecule has 4 aromatic carbocycles. The number of aliphatic hydroxyl groups excluding tert-OH is 4. The number of carbonyl (C=O) groups excluding carboxylic acids is 7. The van der Waals surface area contributed by atoms with Crippen molar-refractivity contribution in [1.82, 2.24) is 31.5 Å². The summed E-state index contributed by atoms with van der Waals surface area (Å²) in [4.78, 5) is 96.4. The molecule has 75 heavy (non-hydrogen) atoms. The molecule has 23 nitrogen and oxygen atoms in total. The molecular weight excluding hydrogens is 977 g/mol. The highest BCUT2D eigenvalue weighted by Gasteiger charge is 2.45. The number of nitrogens with zero attached hydrogens (tertiary/aromatic N) is 1. The van der Waals surface area contributed by atoms with Gasteiger partial charge in [-0.25, -0.2) is 0 Å². The summed E-state index contributed by atoms with van der Waals surface area (Å²) in [5.41, 5.74) is 14.1. The summed E-state index contributed by atoms with van der Waals surface area (Å²) < 4.78 is 11.2. The van der Waals surface area contributed by atoms with Crippen LogP contribution in [0.3, 0.4) is 0 Å². The molecule has 2 fully saturated rings. The maximum Gasteiger partial charge on any atom is 0.246 e. The van der Waals surface area contributed by atoms with Crippen LogP contribution in [0.1, 0.15) is 42.0 Å². The van der Waals surface area contributed by atoms with Gasteiger partial charge in [-0.1, -0.05) is 66.7 Å². The number of phenolic OH excluding ortho intramolecular Hbond substituents is 2. The van der Waals surface area contributed by atoms with E-state index in [4.69, 9.17) is 20.9 Å². The van der Waals surface area contributed by atoms with Crippen LogP contribution in [-0.4, -0.2) is 164 Å². The molecule has 0 unspecified atom stereocenters. The van der Waals surface area contributed by atoms with Crippen molar-refractivity contribution in [1.29, 1.82) is 0 Å². The number of ether oxygens (including phenoxy) is 2. The molecule has 0 aliphatic carbocycles. The number of likely N-dealkylation sites (tertiary alicyclic amines) is 1. The SMILES string of the molecule is C[C@@H](NC(=O)[C@@H](N)Cc1ccc(O)cc1)C(=O)N[C@@H](Cc1ccccc1)C(=O)NCC(=O)N[C@@H](Cc1ccc(O[C@@H]2O[C@H](CO)[C@H](O)[C@H](O)[C@H]2O)cc1)C(=O)N1CCC[C@H]1C(=O)N[C@@H](Cc1ccc(O)cc1)C(N)=O. The van der Waals surface area contributed by atoms with E-state index in [-0.39, 0.29) is 55.9 Å². The monoisotopic (exact) mass is 1040 g/mol. The highest BCUT2D eigenvalue weighted by Crippen LogP contribution is 2.26. The zero-order valence-corrected chi connectivity index (χ0v) is 41.0. The van der Waals surface area contributed by atoms with Crippen LogP contribution in [0.15, 0.2) is 103 Å². The first-order valence-electron chi connectivity index (χ1n) is 24.3. The Bertz CT molecular complexity index is 2590. The van der Waals surface area contributed by atoms with E-state index in [9.17, 15) is 64.2 Å². The number of aliphatic hydroxyl groups is 4. The molecule has 0 bridgehead atoms. The number of nitrogens with two attached hydrogens (primary N) is 2. The molecule has 2 heterocycles. The Balaban J connectivity index is 1.15. The molecule has 23 heteroatoms. The number of aromatic hydroxyl groups is 2. The van der Waals surface area contributed by atoms with Crippen LogP contribution in [-0.2, 0) is 64.0 Å². The largest absolute Gasteiger partial charge is 0.508 e. The van der Waals surface area contributed by atoms with Gasteiger partial charge in [-0.2, -0.15) is 0 Å². The van der Waals surface area contributed by atoms with Crippen molar-refractivity contribution in [3.8, 4) is 17.2 Å². The zero-order chi connectivity index (χ0) is 54.3. The standard InChI is InChI=1S/C52H64N8O15/c1-28(56-48(70)36(53)22-30-9-15-33(62)16-10-30)47(69)59-38(24-29-6-3-2-4-7-29)49(71)55-26-42(64)57-39(25-32-13-19-35(20-14-32)74-52-45(67)44(66)43(65)41(27-61)75-52)51(73)60-21-5-8-40(60)50(72)58-37(46(54)68)23-31-11-17-34(63)18-12-31/h2-4,6-7,9-20,28,36-41,43-45,52,61-63,65-67H,5,8,21-27,53H2,1H3,(H2,54,68)(H,55,71)(H,56,70)(H,57,64)(H,58,72)(H,59,69)/t28-,36+,37+,38+,39+,40+,41-,43+,44+,45-,52-/m1/s1. The van der Waals surface area contributed by atoms with E-state index in [0.717, 1.165) is 0 Å². The molecule has 6 rings (SSSR count). The highest BCUT2D eigenvalue weighted by atomic mass is 16.7. The first-order valence-corrected chi connectivity index (χ1v) is 24.3. The van der Waals surface area contributed by atoms with Gasteiger partial charge in [-0.3, -0.25) is 33.6 Å². The van der Waals surface area contributed by atoms with E-state index < -0.39 is 121 Å². The van der Waals surface area contributed by atoms with Gasteiger partial charge in [0.25, 0.3) is 0 Å². The number of carbonyl (C=O) groups is 7. The number of rotatable bonds is 23. The van der Waals surface area contributed by atoms with Gasteiger partial charge in [0.15, 0.2) is 0 Å². The summed E-state index contributed by atoms with van der Waals surface area (Å²) >= 11 is 0. The third-order valence-corrected chi connectivity index (χ3v) is 12.8. The van der Waals surface area contributed by atoms with Crippen LogP contribution in [0.5, 0.6) is 17.2 Å². The average Bonchev–Trinajstić information content (AvgIpc) is 3.90. The summed E-state index contributed by atoms with van der Waals surface area (Å²) in [6, 6.07) is 19.6. The highest BCUT2D eigenvalue weighted by molar-refractivity contribution is 5.96. The summed E-state index contributed by atoms with van der Waals surface area (Å²) in [5, 5.41) is 72.8. The van der Waals surface area contributed by atoms with Crippen LogP contribution in [0, 0.1) is 0 Å². The number of primary amides is 1. The summed E-state index contributed by atoms with van der Waals surface area (Å²) in [5.74, 6) is -5.03. The minimum absolute atomic E-state index is 0.00375. The molecule has 402 valence electrons. The lowest BCUT2D eigenvalue weighted by Crippen LogP contribution is -2.60. The molecule has 2 aliphatic rings. The Morgan fingerprint density at radius 1 is 0.667 bits per heavy atom. The van der Waals surface area contributed by atoms with Crippen molar-refractivity contribution in [3.63, 3.8) is 0 Å². The van der Waals surface area contributed by atoms with Crippen LogP contribution < -0.4 is 42.8 Å². The van der Waals surface area contributed by atoms with Gasteiger partial charge in [0, 0.05) is 25.8 Å². The quantitative estimate of drug-likeness (QED) is 0.0363. The number of amides is 7. The lowest BCUT2D eigenvalue weighted by Gasteiger charge is -2.39. The van der Waals surface area contributed by atoms with E-state index >= 15 is 0 Å². The molecular formula is C52H64N8O15. The fourth-order valence-corrected chi connectivity index (χ4v) is 8.56. The Labute approximate surface area is 431 Å². The van der Waals surface area contributed by atoms with Gasteiger partial charge in [-0.15, -0.1) is 0 Å². The van der Waals surface area contributed by atoms with Crippen molar-refractivity contribution >= 4 is 41.4 Å². The second kappa shape index (κ2) is 26.5. The lowest BCUT2D eigenvalue weighted by molar-refractivity contribution is -0.277. The van der Waals surface area contributed by atoms with Crippen LogP contribution >= 0.6 is 0 Å². The van der Waals surface area contributed by atoms with Crippen molar-refractivity contribution in [2.24, 2.45) is 11.5 Å². The zero-order valence-electron chi connectivity index (χ0n) is 41.0. The van der Waals surface area contributed by atoms with Crippen molar-refractivity contribution < 1.29 is 73.7 Å². The van der Waals surface area contributed by atoms with Gasteiger partial charge in [0.2, 0.25) is 47.6 Å². The fraction of sp³-hybridized carbons (Fsp3) is 0.404. The first-order chi connectivity index (χ1) is 35.8. The van der Waals surface area contributed by atoms with Gasteiger partial charge >= 0.3 is 0 Å². The molecule has 11 atom stereocenters. The number of nitrogens with one attached hydrogen (secondary N) is 5. The Morgan fingerprint density at radius 3 is 1.83 bits per heavy atom. The van der Waals surface area contributed by atoms with Gasteiger partial charge < -0.3 is 83.1 Å². The number of benzene rings is 4. The molecule has 7 amide bonds. The third kappa shape index (κ3) is 15.9. The van der Waals surface area contributed by atoms with E-state index in [1.165, 1.54) is 60.4 Å². The Kier molecular flexibility index (Phi) is 20.0. The summed E-state index contributed by atoms with van der Waals surface area (Å²) in [6.45, 7) is 0.141. The summed E-state index contributed by atoms with van der Waals surface area (Å²) in [6.07, 6.45) is -7.22. The molecule has 0 radical (unpaired) electrons. The first kappa shape index (κ1) is 56.6. The molecule has 0 aromatic heterocycles. The van der Waals surface area contributed by atoms with E-state index in [1.807, 2.05) is 0 Å². The second-order valence-electron chi connectivity index (χ2n) is 18.5. The molecule has 0 saturated carbocycles. The average molecular weight is 1040 g/mol. The summed E-state index contributed by atoms with van der Waals surface area (Å²) in [7, 11) is 0. The maximum atomic E-state index is 14.6. The second-order valence-corrected chi connectivity index (χ2v) is 18.5. The minimum atomic E-state index is -1.69.